The lowest BCUT2D eigenvalue weighted by atomic mass is 10.2. The normalized spacial score (nSPS) is 15.5. The van der Waals surface area contributed by atoms with Gasteiger partial charge in [0, 0.05) is 29.6 Å². The maximum absolute atomic E-state index is 5.45. The summed E-state index contributed by atoms with van der Waals surface area (Å²) in [5.41, 5.74) is 7.99. The summed E-state index contributed by atoms with van der Waals surface area (Å²) in [7, 11) is 0. The van der Waals surface area contributed by atoms with Crippen molar-refractivity contribution in [2.75, 3.05) is 12.3 Å². The third kappa shape index (κ3) is 2.00. The Bertz CT molecular complexity index is 301. The van der Waals surface area contributed by atoms with Crippen molar-refractivity contribution in [1.82, 2.24) is 9.97 Å². The van der Waals surface area contributed by atoms with Crippen LogP contribution in [0.1, 0.15) is 17.1 Å². The summed E-state index contributed by atoms with van der Waals surface area (Å²) in [6.45, 7) is 0.632. The molecule has 1 aromatic heterocycles. The highest BCUT2D eigenvalue weighted by molar-refractivity contribution is 7.98. The Morgan fingerprint density at radius 1 is 1.54 bits per heavy atom. The Balaban J connectivity index is 2.24. The van der Waals surface area contributed by atoms with E-state index in [1.807, 2.05) is 18.0 Å². The van der Waals surface area contributed by atoms with E-state index in [1.165, 1.54) is 17.0 Å². The molecular formula is C9H13N3S. The van der Waals surface area contributed by atoms with Crippen molar-refractivity contribution in [3.8, 4) is 0 Å². The van der Waals surface area contributed by atoms with E-state index < -0.39 is 0 Å². The van der Waals surface area contributed by atoms with Gasteiger partial charge in [-0.2, -0.15) is 11.8 Å². The Kier molecular flexibility index (Phi) is 2.80. The van der Waals surface area contributed by atoms with Crippen molar-refractivity contribution >= 4 is 11.8 Å². The fourth-order valence-electron chi connectivity index (χ4n) is 1.42. The van der Waals surface area contributed by atoms with Crippen molar-refractivity contribution in [2.24, 2.45) is 5.73 Å². The molecule has 0 saturated carbocycles. The van der Waals surface area contributed by atoms with Crippen molar-refractivity contribution in [1.29, 1.82) is 0 Å². The predicted molar refractivity (Wildman–Crippen MR) is 54.7 cm³/mol. The topological polar surface area (TPSA) is 51.8 Å². The van der Waals surface area contributed by atoms with Gasteiger partial charge in [-0.1, -0.05) is 0 Å². The Morgan fingerprint density at radius 2 is 2.46 bits per heavy atom. The summed E-state index contributed by atoms with van der Waals surface area (Å²) < 4.78 is 0. The summed E-state index contributed by atoms with van der Waals surface area (Å²) in [6.07, 6.45) is 3.83. The number of nitrogens with zero attached hydrogens (tertiary/aromatic N) is 2. The van der Waals surface area contributed by atoms with Gasteiger partial charge in [0.1, 0.15) is 5.82 Å². The first-order chi connectivity index (χ1) is 6.40. The van der Waals surface area contributed by atoms with Crippen molar-refractivity contribution in [2.45, 2.75) is 18.6 Å². The number of fused-ring (bicyclic) bond motifs is 1. The van der Waals surface area contributed by atoms with Crippen LogP contribution in [0.4, 0.5) is 0 Å². The molecule has 2 heterocycles. The molecule has 13 heavy (non-hydrogen) atoms. The molecule has 1 aliphatic heterocycles. The standard InChI is InChI=1S/C9H13N3S/c10-3-1-9-11-5-7-6-13-4-2-8(7)12-9/h5H,1-4,6,10H2. The monoisotopic (exact) mass is 195 g/mol. The minimum absolute atomic E-state index is 0.632. The van der Waals surface area contributed by atoms with Crippen LogP contribution < -0.4 is 5.73 Å². The molecule has 0 bridgehead atoms. The maximum atomic E-state index is 5.45. The van der Waals surface area contributed by atoms with Crippen LogP contribution >= 0.6 is 11.8 Å². The van der Waals surface area contributed by atoms with Crippen LogP contribution in [0.5, 0.6) is 0 Å². The van der Waals surface area contributed by atoms with Gasteiger partial charge in [-0.25, -0.2) is 9.97 Å². The van der Waals surface area contributed by atoms with E-state index in [4.69, 9.17) is 5.73 Å². The fraction of sp³-hybridized carbons (Fsp3) is 0.556. The molecule has 0 aliphatic carbocycles. The zero-order chi connectivity index (χ0) is 9.10. The molecule has 0 radical (unpaired) electrons. The van der Waals surface area contributed by atoms with E-state index in [2.05, 4.69) is 9.97 Å². The van der Waals surface area contributed by atoms with Crippen LogP contribution in [0, 0.1) is 0 Å². The first-order valence-corrected chi connectivity index (χ1v) is 5.67. The smallest absolute Gasteiger partial charge is 0.129 e. The van der Waals surface area contributed by atoms with Crippen LogP contribution in [0.3, 0.4) is 0 Å². The van der Waals surface area contributed by atoms with Gasteiger partial charge in [0.25, 0.3) is 0 Å². The SMILES string of the molecule is NCCc1ncc2c(n1)CCSC2. The van der Waals surface area contributed by atoms with Gasteiger partial charge in [0.05, 0.1) is 0 Å². The van der Waals surface area contributed by atoms with Crippen molar-refractivity contribution in [3.05, 3.63) is 23.3 Å². The van der Waals surface area contributed by atoms with E-state index in [-0.39, 0.29) is 0 Å². The van der Waals surface area contributed by atoms with E-state index in [9.17, 15) is 0 Å². The van der Waals surface area contributed by atoms with E-state index in [1.54, 1.807) is 0 Å². The lowest BCUT2D eigenvalue weighted by Gasteiger charge is -2.14. The highest BCUT2D eigenvalue weighted by Gasteiger charge is 2.11. The Labute approximate surface area is 82.2 Å². The summed E-state index contributed by atoms with van der Waals surface area (Å²) in [4.78, 5) is 8.78. The third-order valence-electron chi connectivity index (χ3n) is 2.11. The molecule has 2 N–H and O–H groups in total. The lowest BCUT2D eigenvalue weighted by molar-refractivity contribution is 0.826. The molecule has 70 valence electrons. The molecule has 0 unspecified atom stereocenters. The molecule has 2 rings (SSSR count). The molecule has 0 amide bonds. The average Bonchev–Trinajstić information content (AvgIpc) is 2.18. The van der Waals surface area contributed by atoms with Crippen molar-refractivity contribution in [3.63, 3.8) is 0 Å². The van der Waals surface area contributed by atoms with Gasteiger partial charge < -0.3 is 5.73 Å². The van der Waals surface area contributed by atoms with Gasteiger partial charge in [0.2, 0.25) is 0 Å². The van der Waals surface area contributed by atoms with Gasteiger partial charge in [-0.15, -0.1) is 0 Å². The first kappa shape index (κ1) is 8.97. The second-order valence-electron chi connectivity index (χ2n) is 3.10. The van der Waals surface area contributed by atoms with Gasteiger partial charge >= 0.3 is 0 Å². The lowest BCUT2D eigenvalue weighted by Crippen LogP contribution is -2.12. The van der Waals surface area contributed by atoms with E-state index >= 15 is 0 Å². The molecule has 1 aliphatic rings. The molecule has 4 heteroatoms. The number of aryl methyl sites for hydroxylation is 1. The number of rotatable bonds is 2. The summed E-state index contributed by atoms with van der Waals surface area (Å²) >= 11 is 1.95. The zero-order valence-corrected chi connectivity index (χ0v) is 8.31. The molecule has 1 aromatic rings. The van der Waals surface area contributed by atoms with Gasteiger partial charge in [0.15, 0.2) is 0 Å². The molecule has 0 spiro atoms. The average molecular weight is 195 g/mol. The Hall–Kier alpha value is -0.610. The number of hydrogen-bond acceptors (Lipinski definition) is 4. The van der Waals surface area contributed by atoms with Crippen LogP contribution in [-0.4, -0.2) is 22.3 Å². The number of hydrogen-bond donors (Lipinski definition) is 1. The molecule has 0 saturated heterocycles. The second kappa shape index (κ2) is 4.07. The third-order valence-corrected chi connectivity index (χ3v) is 3.12. The summed E-state index contributed by atoms with van der Waals surface area (Å²) in [5, 5.41) is 0. The first-order valence-electron chi connectivity index (χ1n) is 4.51. The molecule has 0 aromatic carbocycles. The van der Waals surface area contributed by atoms with E-state index in [0.717, 1.165) is 24.4 Å². The van der Waals surface area contributed by atoms with Crippen LogP contribution in [-0.2, 0) is 18.6 Å². The second-order valence-corrected chi connectivity index (χ2v) is 4.20. The molecule has 0 atom stereocenters. The molecule has 0 fully saturated rings. The van der Waals surface area contributed by atoms with Crippen LogP contribution in [0.2, 0.25) is 0 Å². The minimum Gasteiger partial charge on any atom is -0.330 e. The Morgan fingerprint density at radius 3 is 3.31 bits per heavy atom. The van der Waals surface area contributed by atoms with E-state index in [0.29, 0.717) is 6.54 Å². The molecular weight excluding hydrogens is 182 g/mol. The quantitative estimate of drug-likeness (QED) is 0.757. The fourth-order valence-corrected chi connectivity index (χ4v) is 2.36. The molecule has 3 nitrogen and oxygen atoms in total. The highest BCUT2D eigenvalue weighted by atomic mass is 32.2. The summed E-state index contributed by atoms with van der Waals surface area (Å²) in [5.74, 6) is 3.15. The predicted octanol–water partition coefficient (Wildman–Crippen LogP) is 0.767. The van der Waals surface area contributed by atoms with Gasteiger partial charge in [-0.05, 0) is 18.7 Å². The minimum atomic E-state index is 0.632. The van der Waals surface area contributed by atoms with Crippen LogP contribution in [0.25, 0.3) is 0 Å². The zero-order valence-electron chi connectivity index (χ0n) is 7.49. The van der Waals surface area contributed by atoms with Gasteiger partial charge in [-0.3, -0.25) is 0 Å². The maximum Gasteiger partial charge on any atom is 0.129 e. The largest absolute Gasteiger partial charge is 0.330 e. The number of nitrogens with two attached hydrogens (primary N) is 1. The van der Waals surface area contributed by atoms with Crippen LogP contribution in [0.15, 0.2) is 6.20 Å². The summed E-state index contributed by atoms with van der Waals surface area (Å²) in [6, 6.07) is 0. The van der Waals surface area contributed by atoms with Crippen molar-refractivity contribution < 1.29 is 0 Å². The number of thioether (sulfide) groups is 1. The number of aromatic nitrogens is 2. The highest BCUT2D eigenvalue weighted by Crippen LogP contribution is 2.22.